The number of rotatable bonds is 7. The molecule has 0 radical (unpaired) electrons. The first kappa shape index (κ1) is 19.8. The van der Waals surface area contributed by atoms with E-state index >= 15 is 0 Å². The van der Waals surface area contributed by atoms with Gasteiger partial charge in [0.2, 0.25) is 0 Å². The summed E-state index contributed by atoms with van der Waals surface area (Å²) in [6.07, 6.45) is 4.73. The Morgan fingerprint density at radius 3 is 2.93 bits per heavy atom. The van der Waals surface area contributed by atoms with Gasteiger partial charge in [0.15, 0.2) is 5.96 Å². The monoisotopic (exact) mass is 386 g/mol. The normalized spacial score (nSPS) is 16.9. The van der Waals surface area contributed by atoms with Crippen molar-refractivity contribution in [3.63, 3.8) is 0 Å². The minimum atomic E-state index is 0.255. The van der Waals surface area contributed by atoms with Crippen LogP contribution in [0.5, 0.6) is 0 Å². The van der Waals surface area contributed by atoms with Gasteiger partial charge in [-0.2, -0.15) is 0 Å². The van der Waals surface area contributed by atoms with E-state index in [0.29, 0.717) is 0 Å². The molecule has 0 fully saturated rings. The van der Waals surface area contributed by atoms with E-state index < -0.39 is 0 Å². The van der Waals surface area contributed by atoms with Gasteiger partial charge in [-0.05, 0) is 50.7 Å². The van der Waals surface area contributed by atoms with Gasteiger partial charge in [0.05, 0.1) is 23.4 Å². The lowest BCUT2D eigenvalue weighted by Gasteiger charge is -2.25. The number of ether oxygens (including phenoxy) is 1. The number of fused-ring (bicyclic) bond motifs is 1. The number of thiazole rings is 1. The zero-order chi connectivity index (χ0) is 19.1. The average molecular weight is 387 g/mol. The van der Waals surface area contributed by atoms with Gasteiger partial charge in [-0.3, -0.25) is 4.99 Å². The highest BCUT2D eigenvalue weighted by atomic mass is 32.1. The lowest BCUT2D eigenvalue weighted by molar-refractivity contribution is 0.0398. The summed E-state index contributed by atoms with van der Waals surface area (Å²) >= 11 is 1.73. The molecule has 0 amide bonds. The molecule has 1 aromatic carbocycles. The van der Waals surface area contributed by atoms with Crippen LogP contribution < -0.4 is 10.6 Å². The number of guanidine groups is 1. The third-order valence-electron chi connectivity index (χ3n) is 4.89. The SMILES string of the molecule is CN=C(NCCCOC1CCCc2ccccc21)NCc1sc(C)nc1C. The Morgan fingerprint density at radius 1 is 1.30 bits per heavy atom. The zero-order valence-corrected chi connectivity index (χ0v) is 17.4. The van der Waals surface area contributed by atoms with E-state index in [1.807, 2.05) is 6.92 Å². The first-order chi connectivity index (χ1) is 13.2. The average Bonchev–Trinajstić information content (AvgIpc) is 3.01. The highest BCUT2D eigenvalue weighted by Crippen LogP contribution is 2.32. The summed E-state index contributed by atoms with van der Waals surface area (Å²) < 4.78 is 6.17. The smallest absolute Gasteiger partial charge is 0.191 e. The summed E-state index contributed by atoms with van der Waals surface area (Å²) in [7, 11) is 1.80. The summed E-state index contributed by atoms with van der Waals surface area (Å²) in [5, 5.41) is 7.83. The second-order valence-electron chi connectivity index (χ2n) is 6.90. The van der Waals surface area contributed by atoms with Crippen molar-refractivity contribution in [2.24, 2.45) is 4.99 Å². The molecule has 1 aromatic heterocycles. The molecule has 1 unspecified atom stereocenters. The van der Waals surface area contributed by atoms with Crippen LogP contribution in [0.2, 0.25) is 0 Å². The largest absolute Gasteiger partial charge is 0.373 e. The van der Waals surface area contributed by atoms with Crippen molar-refractivity contribution in [3.05, 3.63) is 51.0 Å². The van der Waals surface area contributed by atoms with E-state index in [-0.39, 0.29) is 6.10 Å². The fraction of sp³-hybridized carbons (Fsp3) is 0.524. The predicted octanol–water partition coefficient (Wildman–Crippen LogP) is 3.91. The molecule has 2 aromatic rings. The summed E-state index contributed by atoms with van der Waals surface area (Å²) in [4.78, 5) is 10.0. The number of aryl methyl sites for hydroxylation is 3. The van der Waals surface area contributed by atoms with Crippen LogP contribution in [0.1, 0.15) is 52.1 Å². The molecule has 0 saturated carbocycles. The second kappa shape index (κ2) is 9.85. The molecular weight excluding hydrogens is 356 g/mol. The maximum absolute atomic E-state index is 6.17. The van der Waals surface area contributed by atoms with E-state index in [4.69, 9.17) is 4.74 Å². The van der Waals surface area contributed by atoms with Crippen LogP contribution in [0, 0.1) is 13.8 Å². The van der Waals surface area contributed by atoms with E-state index in [1.165, 1.54) is 28.8 Å². The molecule has 3 rings (SSSR count). The van der Waals surface area contributed by atoms with E-state index in [0.717, 1.165) is 49.2 Å². The van der Waals surface area contributed by atoms with E-state index in [9.17, 15) is 0 Å². The number of nitrogens with one attached hydrogen (secondary N) is 2. The fourth-order valence-electron chi connectivity index (χ4n) is 3.51. The Labute approximate surface area is 166 Å². The summed E-state index contributed by atoms with van der Waals surface area (Å²) in [5.41, 5.74) is 3.93. The van der Waals surface area contributed by atoms with Crippen LogP contribution in [0.25, 0.3) is 0 Å². The van der Waals surface area contributed by atoms with E-state index in [2.05, 4.69) is 51.8 Å². The Hall–Kier alpha value is -1.92. The molecule has 0 spiro atoms. The molecule has 0 bridgehead atoms. The molecule has 0 saturated heterocycles. The molecule has 1 heterocycles. The van der Waals surface area contributed by atoms with Crippen molar-refractivity contribution >= 4 is 17.3 Å². The van der Waals surface area contributed by atoms with Crippen molar-refractivity contribution < 1.29 is 4.74 Å². The highest BCUT2D eigenvalue weighted by Gasteiger charge is 2.19. The second-order valence-corrected chi connectivity index (χ2v) is 8.19. The molecule has 0 aliphatic heterocycles. The third-order valence-corrected chi connectivity index (χ3v) is 5.96. The van der Waals surface area contributed by atoms with Crippen LogP contribution in [0.4, 0.5) is 0 Å². The standard InChI is InChI=1S/C21H30N4OS/c1-15-20(27-16(2)25-15)14-24-21(22-3)23-12-7-13-26-19-11-6-9-17-8-4-5-10-18(17)19/h4-5,8,10,19H,6-7,9,11-14H2,1-3H3,(H2,22,23,24). The first-order valence-corrected chi connectivity index (χ1v) is 10.6. The van der Waals surface area contributed by atoms with Crippen molar-refractivity contribution in [1.29, 1.82) is 0 Å². The quantitative estimate of drug-likeness (QED) is 0.430. The number of aromatic nitrogens is 1. The highest BCUT2D eigenvalue weighted by molar-refractivity contribution is 7.11. The molecule has 146 valence electrons. The van der Waals surface area contributed by atoms with Crippen LogP contribution in [0.15, 0.2) is 29.3 Å². The Kier molecular flexibility index (Phi) is 7.24. The minimum Gasteiger partial charge on any atom is -0.373 e. The van der Waals surface area contributed by atoms with Crippen molar-refractivity contribution in [1.82, 2.24) is 15.6 Å². The first-order valence-electron chi connectivity index (χ1n) is 9.74. The number of aliphatic imine (C=N–C) groups is 1. The van der Waals surface area contributed by atoms with Gasteiger partial charge in [-0.15, -0.1) is 11.3 Å². The van der Waals surface area contributed by atoms with Gasteiger partial charge in [-0.25, -0.2) is 4.98 Å². The van der Waals surface area contributed by atoms with Gasteiger partial charge >= 0.3 is 0 Å². The van der Waals surface area contributed by atoms with Gasteiger partial charge in [0.25, 0.3) is 0 Å². The Balaban J connectivity index is 1.36. The summed E-state index contributed by atoms with van der Waals surface area (Å²) in [5.74, 6) is 0.823. The molecule has 6 heteroatoms. The molecule has 1 aliphatic carbocycles. The van der Waals surface area contributed by atoms with Crippen LogP contribution in [-0.4, -0.2) is 31.1 Å². The maximum Gasteiger partial charge on any atom is 0.191 e. The molecule has 1 atom stereocenters. The number of hydrogen-bond acceptors (Lipinski definition) is 4. The molecule has 5 nitrogen and oxygen atoms in total. The minimum absolute atomic E-state index is 0.255. The molecular formula is C21H30N4OS. The maximum atomic E-state index is 6.17. The number of hydrogen-bond donors (Lipinski definition) is 2. The molecule has 2 N–H and O–H groups in total. The fourth-order valence-corrected chi connectivity index (χ4v) is 4.39. The lowest BCUT2D eigenvalue weighted by atomic mass is 9.89. The van der Waals surface area contributed by atoms with Crippen LogP contribution >= 0.6 is 11.3 Å². The molecule has 1 aliphatic rings. The van der Waals surface area contributed by atoms with E-state index in [1.54, 1.807) is 18.4 Å². The third kappa shape index (κ3) is 5.53. The van der Waals surface area contributed by atoms with Crippen molar-refractivity contribution in [2.75, 3.05) is 20.2 Å². The van der Waals surface area contributed by atoms with Gasteiger partial charge in [0, 0.05) is 25.1 Å². The molecule has 27 heavy (non-hydrogen) atoms. The zero-order valence-electron chi connectivity index (χ0n) is 16.5. The number of benzene rings is 1. The topological polar surface area (TPSA) is 58.5 Å². The van der Waals surface area contributed by atoms with Crippen LogP contribution in [-0.2, 0) is 17.7 Å². The Morgan fingerprint density at radius 2 is 2.15 bits per heavy atom. The predicted molar refractivity (Wildman–Crippen MR) is 112 cm³/mol. The van der Waals surface area contributed by atoms with Gasteiger partial charge < -0.3 is 15.4 Å². The van der Waals surface area contributed by atoms with Crippen molar-refractivity contribution in [2.45, 2.75) is 52.2 Å². The van der Waals surface area contributed by atoms with Crippen molar-refractivity contribution in [3.8, 4) is 0 Å². The van der Waals surface area contributed by atoms with Crippen LogP contribution in [0.3, 0.4) is 0 Å². The number of nitrogens with zero attached hydrogens (tertiary/aromatic N) is 2. The summed E-state index contributed by atoms with van der Waals surface area (Å²) in [6, 6.07) is 8.68. The lowest BCUT2D eigenvalue weighted by Crippen LogP contribution is -2.37. The Bertz CT molecular complexity index is 771. The van der Waals surface area contributed by atoms with Gasteiger partial charge in [-0.1, -0.05) is 24.3 Å². The van der Waals surface area contributed by atoms with Gasteiger partial charge in [0.1, 0.15) is 0 Å². The summed E-state index contributed by atoms with van der Waals surface area (Å²) in [6.45, 7) is 6.45.